The van der Waals surface area contributed by atoms with E-state index in [4.69, 9.17) is 4.74 Å². The first kappa shape index (κ1) is 11.5. The summed E-state index contributed by atoms with van der Waals surface area (Å²) in [5.74, 6) is 0. The largest absolute Gasteiger partial charge is 0.377 e. The van der Waals surface area contributed by atoms with E-state index >= 15 is 0 Å². The minimum Gasteiger partial charge on any atom is -0.377 e. The number of rotatable bonds is 2. The Bertz CT molecular complexity index is 473. The summed E-state index contributed by atoms with van der Waals surface area (Å²) in [6.07, 6.45) is 2.31. The molecule has 18 heavy (non-hydrogen) atoms. The Labute approximate surface area is 106 Å². The number of nitrogens with zero attached hydrogens (tertiary/aromatic N) is 2. The van der Waals surface area contributed by atoms with Crippen molar-refractivity contribution in [2.75, 3.05) is 18.1 Å². The van der Waals surface area contributed by atoms with Gasteiger partial charge in [0.2, 0.25) is 0 Å². The summed E-state index contributed by atoms with van der Waals surface area (Å²) in [4.78, 5) is 12.8. The van der Waals surface area contributed by atoms with Gasteiger partial charge in [0.05, 0.1) is 30.2 Å². The minimum atomic E-state index is -0.343. The van der Waals surface area contributed by atoms with Crippen LogP contribution in [0.5, 0.6) is 0 Å². The van der Waals surface area contributed by atoms with E-state index in [1.165, 1.54) is 0 Å². The van der Waals surface area contributed by atoms with E-state index < -0.39 is 0 Å². The van der Waals surface area contributed by atoms with Crippen LogP contribution in [0.1, 0.15) is 18.4 Å². The van der Waals surface area contributed by atoms with Crippen LogP contribution in [-0.4, -0.2) is 30.2 Å². The molecule has 0 aliphatic carbocycles. The maximum absolute atomic E-state index is 10.8. The topological polar surface area (TPSA) is 55.6 Å². The maximum atomic E-state index is 10.8. The van der Waals surface area contributed by atoms with Crippen LogP contribution in [-0.2, 0) is 4.74 Å². The summed E-state index contributed by atoms with van der Waals surface area (Å²) in [7, 11) is 0. The van der Waals surface area contributed by atoms with Gasteiger partial charge in [0.15, 0.2) is 0 Å². The lowest BCUT2D eigenvalue weighted by atomic mass is 10.1. The molecule has 2 heterocycles. The minimum absolute atomic E-state index is 0.164. The van der Waals surface area contributed by atoms with Gasteiger partial charge in [-0.25, -0.2) is 0 Å². The lowest BCUT2D eigenvalue weighted by Gasteiger charge is -2.37. The smallest absolute Gasteiger partial charge is 0.269 e. The zero-order valence-electron chi connectivity index (χ0n) is 10.3. The number of hydrogen-bond acceptors (Lipinski definition) is 4. The van der Waals surface area contributed by atoms with Crippen molar-refractivity contribution in [3.63, 3.8) is 0 Å². The van der Waals surface area contributed by atoms with Gasteiger partial charge >= 0.3 is 0 Å². The fourth-order valence-electron chi connectivity index (χ4n) is 3.06. The van der Waals surface area contributed by atoms with Crippen molar-refractivity contribution in [1.29, 1.82) is 0 Å². The summed E-state index contributed by atoms with van der Waals surface area (Å²) in [6, 6.07) is 6.00. The predicted octanol–water partition coefficient (Wildman–Crippen LogP) is 2.27. The van der Waals surface area contributed by atoms with Crippen molar-refractivity contribution in [1.82, 2.24) is 0 Å². The highest BCUT2D eigenvalue weighted by Gasteiger charge is 2.38. The summed E-state index contributed by atoms with van der Waals surface area (Å²) < 4.78 is 5.56. The molecule has 5 nitrogen and oxygen atoms in total. The quantitative estimate of drug-likeness (QED) is 0.595. The molecule has 5 heteroatoms. The van der Waals surface area contributed by atoms with Crippen molar-refractivity contribution in [2.24, 2.45) is 0 Å². The van der Waals surface area contributed by atoms with E-state index in [2.05, 4.69) is 4.90 Å². The molecule has 2 bridgehead atoms. The summed E-state index contributed by atoms with van der Waals surface area (Å²) >= 11 is 0. The number of morpholine rings is 1. The van der Waals surface area contributed by atoms with Crippen LogP contribution in [0.2, 0.25) is 0 Å². The first-order valence-corrected chi connectivity index (χ1v) is 6.28. The van der Waals surface area contributed by atoms with E-state index in [0.717, 1.165) is 37.3 Å². The Morgan fingerprint density at radius 3 is 2.56 bits per heavy atom. The monoisotopic (exact) mass is 248 g/mol. The van der Waals surface area contributed by atoms with Crippen LogP contribution in [0.4, 0.5) is 11.4 Å². The molecule has 2 saturated heterocycles. The molecule has 2 atom stereocenters. The molecule has 0 amide bonds. The normalized spacial score (nSPS) is 26.4. The van der Waals surface area contributed by atoms with E-state index in [9.17, 15) is 10.1 Å². The van der Waals surface area contributed by atoms with Gasteiger partial charge in [-0.1, -0.05) is 0 Å². The van der Waals surface area contributed by atoms with E-state index in [1.54, 1.807) is 12.1 Å². The van der Waals surface area contributed by atoms with E-state index in [-0.39, 0.29) is 10.6 Å². The van der Waals surface area contributed by atoms with Crippen LogP contribution in [0.15, 0.2) is 18.2 Å². The Morgan fingerprint density at radius 2 is 2.00 bits per heavy atom. The van der Waals surface area contributed by atoms with Crippen molar-refractivity contribution in [3.05, 3.63) is 33.9 Å². The Hall–Kier alpha value is -1.62. The van der Waals surface area contributed by atoms with Crippen LogP contribution in [0, 0.1) is 17.0 Å². The van der Waals surface area contributed by atoms with Gasteiger partial charge in [0, 0.05) is 17.8 Å². The first-order valence-electron chi connectivity index (χ1n) is 6.28. The average Bonchev–Trinajstić information content (AvgIpc) is 2.59. The first-order chi connectivity index (χ1) is 8.66. The molecular formula is C13H16N2O3. The van der Waals surface area contributed by atoms with Crippen molar-refractivity contribution in [3.8, 4) is 0 Å². The Balaban J connectivity index is 1.95. The highest BCUT2D eigenvalue weighted by Crippen LogP contribution is 2.36. The molecular weight excluding hydrogens is 232 g/mol. The second kappa shape index (κ2) is 4.24. The molecule has 3 rings (SSSR count). The van der Waals surface area contributed by atoms with E-state index in [0.29, 0.717) is 12.1 Å². The SMILES string of the molecule is Cc1cc([N+](=O)[O-])ccc1N1C2CCC1COC2. The number of ether oxygens (including phenoxy) is 1. The second-order valence-electron chi connectivity index (χ2n) is 5.06. The Morgan fingerprint density at radius 1 is 1.33 bits per heavy atom. The standard InChI is InChI=1S/C13H16N2O3/c1-9-6-10(15(16)17)4-5-13(9)14-11-2-3-12(14)8-18-7-11/h4-6,11-12H,2-3,7-8H2,1H3. The lowest BCUT2D eigenvalue weighted by molar-refractivity contribution is -0.384. The number of non-ortho nitro benzene ring substituents is 1. The van der Waals surface area contributed by atoms with E-state index in [1.807, 2.05) is 13.0 Å². The molecule has 2 fully saturated rings. The zero-order valence-corrected chi connectivity index (χ0v) is 10.3. The third-order valence-electron chi connectivity index (χ3n) is 3.91. The number of anilines is 1. The second-order valence-corrected chi connectivity index (χ2v) is 5.06. The van der Waals surface area contributed by atoms with Gasteiger partial charge in [-0.3, -0.25) is 10.1 Å². The van der Waals surface area contributed by atoms with Crippen LogP contribution in [0.25, 0.3) is 0 Å². The molecule has 2 aliphatic rings. The molecule has 2 aliphatic heterocycles. The van der Waals surface area contributed by atoms with Gasteiger partial charge in [-0.15, -0.1) is 0 Å². The Kier molecular flexibility index (Phi) is 2.70. The zero-order chi connectivity index (χ0) is 12.7. The number of hydrogen-bond donors (Lipinski definition) is 0. The highest BCUT2D eigenvalue weighted by molar-refractivity contribution is 5.59. The molecule has 0 radical (unpaired) electrons. The molecule has 96 valence electrons. The molecule has 0 spiro atoms. The number of aryl methyl sites for hydroxylation is 1. The highest BCUT2D eigenvalue weighted by atomic mass is 16.6. The maximum Gasteiger partial charge on any atom is 0.269 e. The number of fused-ring (bicyclic) bond motifs is 2. The molecule has 0 aromatic heterocycles. The van der Waals surface area contributed by atoms with Gasteiger partial charge in [0.25, 0.3) is 5.69 Å². The lowest BCUT2D eigenvalue weighted by Crippen LogP contribution is -2.46. The number of nitro groups is 1. The summed E-state index contributed by atoms with van der Waals surface area (Å²) in [5, 5.41) is 10.8. The van der Waals surface area contributed by atoms with Crippen molar-refractivity contribution >= 4 is 11.4 Å². The molecule has 0 saturated carbocycles. The van der Waals surface area contributed by atoms with Crippen LogP contribution >= 0.6 is 0 Å². The molecule has 1 aromatic rings. The third kappa shape index (κ3) is 1.75. The molecule has 1 aromatic carbocycles. The average molecular weight is 248 g/mol. The van der Waals surface area contributed by atoms with Gasteiger partial charge in [-0.05, 0) is 31.4 Å². The number of benzene rings is 1. The van der Waals surface area contributed by atoms with Gasteiger partial charge < -0.3 is 9.64 Å². The van der Waals surface area contributed by atoms with Crippen LogP contribution < -0.4 is 4.90 Å². The fraction of sp³-hybridized carbons (Fsp3) is 0.538. The molecule has 0 N–H and O–H groups in total. The number of nitro benzene ring substituents is 1. The fourth-order valence-corrected chi connectivity index (χ4v) is 3.06. The molecule has 2 unspecified atom stereocenters. The van der Waals surface area contributed by atoms with Gasteiger partial charge in [0.1, 0.15) is 0 Å². The van der Waals surface area contributed by atoms with Crippen molar-refractivity contribution < 1.29 is 9.66 Å². The third-order valence-corrected chi connectivity index (χ3v) is 3.91. The van der Waals surface area contributed by atoms with Crippen LogP contribution in [0.3, 0.4) is 0 Å². The summed E-state index contributed by atoms with van der Waals surface area (Å²) in [6.45, 7) is 3.48. The van der Waals surface area contributed by atoms with Crippen molar-refractivity contribution in [2.45, 2.75) is 31.8 Å². The van der Waals surface area contributed by atoms with Gasteiger partial charge in [-0.2, -0.15) is 0 Å². The predicted molar refractivity (Wildman–Crippen MR) is 67.9 cm³/mol. The summed E-state index contributed by atoms with van der Waals surface area (Å²) in [5.41, 5.74) is 2.26.